The number of hydrazine groups is 1. The van der Waals surface area contributed by atoms with Crippen LogP contribution < -0.4 is 21.6 Å². The summed E-state index contributed by atoms with van der Waals surface area (Å²) in [6.45, 7) is 0. The van der Waals surface area contributed by atoms with Gasteiger partial charge in [-0.15, -0.1) is 0 Å². The lowest BCUT2D eigenvalue weighted by Gasteiger charge is -2.10. The molecule has 7 nitrogen and oxygen atoms in total. The van der Waals surface area contributed by atoms with Crippen molar-refractivity contribution in [3.8, 4) is 17.0 Å². The average Bonchev–Trinajstić information content (AvgIpc) is 2.49. The van der Waals surface area contributed by atoms with Crippen LogP contribution in [0.5, 0.6) is 5.75 Å². The molecule has 2 rings (SSSR count). The molecule has 110 valence electrons. The van der Waals surface area contributed by atoms with Gasteiger partial charge in [0, 0.05) is 17.6 Å². The number of nitrogens with zero attached hydrogens (tertiary/aromatic N) is 2. The van der Waals surface area contributed by atoms with Crippen LogP contribution in [-0.2, 0) is 7.05 Å². The SMILES string of the molecule is COc1ccc(Cl)cc1-c1cc(C(=O)NN)c(=O)n(C)n1. The second-order valence-corrected chi connectivity index (χ2v) is 4.63. The van der Waals surface area contributed by atoms with E-state index in [0.29, 0.717) is 22.0 Å². The Balaban J connectivity index is 2.71. The van der Waals surface area contributed by atoms with E-state index in [1.807, 2.05) is 5.43 Å². The van der Waals surface area contributed by atoms with Crippen molar-refractivity contribution in [2.75, 3.05) is 7.11 Å². The largest absolute Gasteiger partial charge is 0.496 e. The second kappa shape index (κ2) is 5.94. The molecule has 3 N–H and O–H groups in total. The Morgan fingerprint density at radius 2 is 2.14 bits per heavy atom. The van der Waals surface area contributed by atoms with E-state index in [-0.39, 0.29) is 5.56 Å². The van der Waals surface area contributed by atoms with Gasteiger partial charge in [0.1, 0.15) is 11.3 Å². The summed E-state index contributed by atoms with van der Waals surface area (Å²) in [7, 11) is 2.94. The maximum atomic E-state index is 11.9. The third kappa shape index (κ3) is 2.88. The zero-order valence-corrected chi connectivity index (χ0v) is 12.1. The highest BCUT2D eigenvalue weighted by molar-refractivity contribution is 6.31. The van der Waals surface area contributed by atoms with Crippen LogP contribution in [0.15, 0.2) is 29.1 Å². The molecule has 0 saturated carbocycles. The molecule has 0 aliphatic rings. The number of carbonyl (C=O) groups excluding carboxylic acids is 1. The minimum absolute atomic E-state index is 0.118. The van der Waals surface area contributed by atoms with Crippen molar-refractivity contribution in [1.82, 2.24) is 15.2 Å². The fourth-order valence-corrected chi connectivity index (χ4v) is 2.03. The Hall–Kier alpha value is -2.38. The first kappa shape index (κ1) is 15.0. The molecule has 0 radical (unpaired) electrons. The lowest BCUT2D eigenvalue weighted by Crippen LogP contribution is -2.36. The molecule has 0 spiro atoms. The molecule has 1 aromatic heterocycles. The molecular weight excluding hydrogens is 296 g/mol. The maximum absolute atomic E-state index is 11.9. The van der Waals surface area contributed by atoms with Gasteiger partial charge in [0.05, 0.1) is 12.8 Å². The summed E-state index contributed by atoms with van der Waals surface area (Å²) in [5.74, 6) is 4.90. The van der Waals surface area contributed by atoms with Crippen LogP contribution in [0.25, 0.3) is 11.3 Å². The zero-order valence-electron chi connectivity index (χ0n) is 11.4. The number of hydrogen-bond donors (Lipinski definition) is 2. The highest BCUT2D eigenvalue weighted by atomic mass is 35.5. The van der Waals surface area contributed by atoms with Crippen molar-refractivity contribution >= 4 is 17.5 Å². The van der Waals surface area contributed by atoms with Crippen molar-refractivity contribution in [2.24, 2.45) is 12.9 Å². The van der Waals surface area contributed by atoms with E-state index in [1.54, 1.807) is 18.2 Å². The average molecular weight is 309 g/mol. The molecule has 0 aliphatic carbocycles. The summed E-state index contributed by atoms with van der Waals surface area (Å²) in [6.07, 6.45) is 0. The van der Waals surface area contributed by atoms with Crippen LogP contribution in [-0.4, -0.2) is 22.8 Å². The zero-order chi connectivity index (χ0) is 15.6. The Labute approximate surface area is 125 Å². The van der Waals surface area contributed by atoms with Crippen molar-refractivity contribution in [3.05, 3.63) is 45.2 Å². The summed E-state index contributed by atoms with van der Waals surface area (Å²) in [5.41, 5.74) is 2.19. The molecule has 0 bridgehead atoms. The van der Waals surface area contributed by atoms with E-state index in [4.69, 9.17) is 22.2 Å². The molecular formula is C13H13ClN4O3. The Morgan fingerprint density at radius 1 is 1.43 bits per heavy atom. The number of rotatable bonds is 3. The molecule has 1 aromatic carbocycles. The Bertz CT molecular complexity index is 758. The summed E-state index contributed by atoms with van der Waals surface area (Å²) in [4.78, 5) is 23.6. The first-order valence-corrected chi connectivity index (χ1v) is 6.29. The van der Waals surface area contributed by atoms with Gasteiger partial charge in [-0.2, -0.15) is 5.10 Å². The molecule has 0 unspecified atom stereocenters. The van der Waals surface area contributed by atoms with Crippen LogP contribution >= 0.6 is 11.6 Å². The highest BCUT2D eigenvalue weighted by Gasteiger charge is 2.16. The number of benzene rings is 1. The molecule has 1 amide bonds. The van der Waals surface area contributed by atoms with Crippen LogP contribution in [0.4, 0.5) is 0 Å². The normalized spacial score (nSPS) is 10.3. The van der Waals surface area contributed by atoms with Crippen molar-refractivity contribution in [1.29, 1.82) is 0 Å². The predicted octanol–water partition coefficient (Wildman–Crippen LogP) is 0.713. The number of nitrogens with two attached hydrogens (primary N) is 1. The maximum Gasteiger partial charge on any atom is 0.279 e. The van der Waals surface area contributed by atoms with E-state index >= 15 is 0 Å². The fourth-order valence-electron chi connectivity index (χ4n) is 1.86. The van der Waals surface area contributed by atoms with Crippen LogP contribution in [0, 0.1) is 0 Å². The summed E-state index contributed by atoms with van der Waals surface area (Å²) in [6, 6.07) is 6.32. The third-order valence-corrected chi connectivity index (χ3v) is 3.11. The van der Waals surface area contributed by atoms with Gasteiger partial charge in [-0.1, -0.05) is 11.6 Å². The third-order valence-electron chi connectivity index (χ3n) is 2.88. The van der Waals surface area contributed by atoms with Crippen LogP contribution in [0.1, 0.15) is 10.4 Å². The molecule has 0 saturated heterocycles. The van der Waals surface area contributed by atoms with E-state index in [0.717, 1.165) is 4.68 Å². The van der Waals surface area contributed by atoms with Gasteiger partial charge >= 0.3 is 0 Å². The lowest BCUT2D eigenvalue weighted by molar-refractivity contribution is 0.0951. The van der Waals surface area contributed by atoms with Gasteiger partial charge in [0.25, 0.3) is 11.5 Å². The summed E-state index contributed by atoms with van der Waals surface area (Å²) < 4.78 is 6.30. The number of aromatic nitrogens is 2. The molecule has 0 atom stereocenters. The first-order valence-electron chi connectivity index (χ1n) is 5.91. The van der Waals surface area contributed by atoms with E-state index in [1.165, 1.54) is 20.2 Å². The van der Waals surface area contributed by atoms with Crippen LogP contribution in [0.2, 0.25) is 5.02 Å². The molecule has 2 aromatic rings. The standard InChI is InChI=1S/C13H13ClN4O3/c1-18-13(20)9(12(19)16-15)6-10(17-18)8-5-7(14)3-4-11(8)21-2/h3-6H,15H2,1-2H3,(H,16,19). The minimum atomic E-state index is -0.694. The number of methoxy groups -OCH3 is 1. The topological polar surface area (TPSA) is 99.2 Å². The van der Waals surface area contributed by atoms with E-state index in [9.17, 15) is 9.59 Å². The van der Waals surface area contributed by atoms with Crippen molar-refractivity contribution < 1.29 is 9.53 Å². The van der Waals surface area contributed by atoms with Gasteiger partial charge in [0.15, 0.2) is 0 Å². The first-order chi connectivity index (χ1) is 9.97. The Kier molecular flexibility index (Phi) is 4.25. The number of nitrogen functional groups attached to an aromatic ring is 1. The van der Waals surface area contributed by atoms with Crippen LogP contribution in [0.3, 0.4) is 0 Å². The number of aryl methyl sites for hydroxylation is 1. The van der Waals surface area contributed by atoms with E-state index < -0.39 is 11.5 Å². The van der Waals surface area contributed by atoms with Gasteiger partial charge in [-0.05, 0) is 24.3 Å². The van der Waals surface area contributed by atoms with Crippen molar-refractivity contribution in [3.63, 3.8) is 0 Å². The lowest BCUT2D eigenvalue weighted by atomic mass is 10.1. The number of ether oxygens (including phenoxy) is 1. The summed E-state index contributed by atoms with van der Waals surface area (Å²) in [5, 5.41) is 4.59. The molecule has 0 aliphatic heterocycles. The quantitative estimate of drug-likeness (QED) is 0.494. The van der Waals surface area contributed by atoms with E-state index in [2.05, 4.69) is 5.10 Å². The highest BCUT2D eigenvalue weighted by Crippen LogP contribution is 2.31. The van der Waals surface area contributed by atoms with Crippen molar-refractivity contribution in [2.45, 2.75) is 0 Å². The monoisotopic (exact) mass is 308 g/mol. The number of nitrogens with one attached hydrogen (secondary N) is 1. The molecule has 8 heteroatoms. The van der Waals surface area contributed by atoms with Gasteiger partial charge in [0.2, 0.25) is 0 Å². The minimum Gasteiger partial charge on any atom is -0.496 e. The fraction of sp³-hybridized carbons (Fsp3) is 0.154. The smallest absolute Gasteiger partial charge is 0.279 e. The predicted molar refractivity (Wildman–Crippen MR) is 78.1 cm³/mol. The van der Waals surface area contributed by atoms with Gasteiger partial charge < -0.3 is 4.74 Å². The number of carbonyl (C=O) groups is 1. The molecule has 21 heavy (non-hydrogen) atoms. The number of halogens is 1. The summed E-state index contributed by atoms with van der Waals surface area (Å²) >= 11 is 5.97. The molecule has 1 heterocycles. The Morgan fingerprint density at radius 3 is 2.76 bits per heavy atom. The second-order valence-electron chi connectivity index (χ2n) is 4.19. The van der Waals surface area contributed by atoms with Gasteiger partial charge in [-0.3, -0.25) is 15.0 Å². The number of hydrogen-bond acceptors (Lipinski definition) is 5. The number of amides is 1. The van der Waals surface area contributed by atoms with Gasteiger partial charge in [-0.25, -0.2) is 10.5 Å². The molecule has 0 fully saturated rings.